The zero-order valence-corrected chi connectivity index (χ0v) is 18.4. The summed E-state index contributed by atoms with van der Waals surface area (Å²) < 4.78 is 2.22. The van der Waals surface area contributed by atoms with Gasteiger partial charge in [0.05, 0.1) is 11.6 Å². The topological polar surface area (TPSA) is 75.9 Å². The molecule has 0 aromatic carbocycles. The highest BCUT2D eigenvalue weighted by atomic mass is 16.1. The van der Waals surface area contributed by atoms with Crippen molar-refractivity contribution in [1.82, 2.24) is 30.0 Å². The molecule has 3 rings (SSSR count). The fourth-order valence-corrected chi connectivity index (χ4v) is 3.91. The largest absolute Gasteiger partial charge is 0.342 e. The van der Waals surface area contributed by atoms with E-state index in [0.29, 0.717) is 11.5 Å². The molecular weight excluding hydrogens is 364 g/mol. The first-order chi connectivity index (χ1) is 13.7. The molecule has 29 heavy (non-hydrogen) atoms. The number of nitrogens with zero attached hydrogens (tertiary/aromatic N) is 5. The molecule has 1 atom stereocenters. The quantitative estimate of drug-likeness (QED) is 0.809. The van der Waals surface area contributed by atoms with Gasteiger partial charge in [0.15, 0.2) is 5.82 Å². The Labute approximate surface area is 173 Å². The standard InChI is InChI=1S/C22H34N6O/c1-16(2)13-18(24-21(29)17-7-6-9-23-14-17)20-26-25-19-8-10-27(11-12-28(19)20)15-22(3,4)5/h6-7,9,14,16,18H,8,10-13,15H2,1-5H3,(H,24,29). The van der Waals surface area contributed by atoms with Crippen molar-refractivity contribution in [3.05, 3.63) is 41.7 Å². The summed E-state index contributed by atoms with van der Waals surface area (Å²) in [4.78, 5) is 19.3. The molecule has 1 aliphatic rings. The highest BCUT2D eigenvalue weighted by Crippen LogP contribution is 2.24. The van der Waals surface area contributed by atoms with Gasteiger partial charge in [0.2, 0.25) is 0 Å². The number of carbonyl (C=O) groups is 1. The fourth-order valence-electron chi connectivity index (χ4n) is 3.91. The third-order valence-corrected chi connectivity index (χ3v) is 5.09. The summed E-state index contributed by atoms with van der Waals surface area (Å²) in [6, 6.07) is 3.39. The Bertz CT molecular complexity index is 808. The van der Waals surface area contributed by atoms with Crippen LogP contribution in [0, 0.1) is 11.3 Å². The highest BCUT2D eigenvalue weighted by molar-refractivity contribution is 5.94. The summed E-state index contributed by atoms with van der Waals surface area (Å²) in [6.07, 6.45) is 4.96. The van der Waals surface area contributed by atoms with E-state index in [2.05, 4.69) is 64.6 Å². The molecule has 0 spiro atoms. The number of carbonyl (C=O) groups excluding carboxylic acids is 1. The van der Waals surface area contributed by atoms with E-state index < -0.39 is 0 Å². The van der Waals surface area contributed by atoms with Gasteiger partial charge in [-0.25, -0.2) is 0 Å². The summed E-state index contributed by atoms with van der Waals surface area (Å²) in [6.45, 7) is 15.0. The van der Waals surface area contributed by atoms with E-state index in [0.717, 1.165) is 50.7 Å². The van der Waals surface area contributed by atoms with Gasteiger partial charge in [-0.05, 0) is 29.9 Å². The lowest BCUT2D eigenvalue weighted by atomic mass is 9.96. The molecule has 3 heterocycles. The van der Waals surface area contributed by atoms with Crippen molar-refractivity contribution in [2.75, 3.05) is 19.6 Å². The van der Waals surface area contributed by atoms with E-state index in [1.54, 1.807) is 24.5 Å². The van der Waals surface area contributed by atoms with E-state index in [9.17, 15) is 4.79 Å². The second-order valence-electron chi connectivity index (χ2n) is 9.61. The monoisotopic (exact) mass is 398 g/mol. The van der Waals surface area contributed by atoms with Crippen LogP contribution in [0.2, 0.25) is 0 Å². The van der Waals surface area contributed by atoms with Crippen molar-refractivity contribution in [3.63, 3.8) is 0 Å². The second-order valence-corrected chi connectivity index (χ2v) is 9.61. The van der Waals surface area contributed by atoms with E-state index in [4.69, 9.17) is 0 Å². The smallest absolute Gasteiger partial charge is 0.253 e. The average Bonchev–Trinajstić information content (AvgIpc) is 2.95. The highest BCUT2D eigenvalue weighted by Gasteiger charge is 2.27. The molecule has 1 amide bonds. The number of nitrogens with one attached hydrogen (secondary N) is 1. The van der Waals surface area contributed by atoms with Gasteiger partial charge in [-0.3, -0.25) is 9.78 Å². The Morgan fingerprint density at radius 3 is 2.66 bits per heavy atom. The predicted octanol–water partition coefficient (Wildman–Crippen LogP) is 3.09. The first-order valence-corrected chi connectivity index (χ1v) is 10.6. The van der Waals surface area contributed by atoms with Crippen LogP contribution >= 0.6 is 0 Å². The summed E-state index contributed by atoms with van der Waals surface area (Å²) in [5.74, 6) is 2.18. The zero-order valence-electron chi connectivity index (χ0n) is 18.4. The van der Waals surface area contributed by atoms with Gasteiger partial charge in [-0.2, -0.15) is 0 Å². The van der Waals surface area contributed by atoms with Gasteiger partial charge in [-0.15, -0.1) is 10.2 Å². The van der Waals surface area contributed by atoms with Gasteiger partial charge in [0, 0.05) is 45.0 Å². The van der Waals surface area contributed by atoms with Crippen molar-refractivity contribution < 1.29 is 4.79 Å². The number of pyridine rings is 1. The second kappa shape index (κ2) is 9.03. The Morgan fingerprint density at radius 2 is 2.00 bits per heavy atom. The van der Waals surface area contributed by atoms with E-state index in [1.807, 2.05) is 0 Å². The predicted molar refractivity (Wildman–Crippen MR) is 114 cm³/mol. The van der Waals surface area contributed by atoms with Crippen LogP contribution in [0.4, 0.5) is 0 Å². The SMILES string of the molecule is CC(C)CC(NC(=O)c1cccnc1)c1nnc2n1CCN(CC(C)(C)C)CC2. The van der Waals surface area contributed by atoms with Crippen LogP contribution in [0.3, 0.4) is 0 Å². The molecule has 0 saturated heterocycles. The van der Waals surface area contributed by atoms with E-state index in [-0.39, 0.29) is 17.4 Å². The lowest BCUT2D eigenvalue weighted by Crippen LogP contribution is -2.35. The summed E-state index contributed by atoms with van der Waals surface area (Å²) >= 11 is 0. The molecule has 7 nitrogen and oxygen atoms in total. The van der Waals surface area contributed by atoms with Gasteiger partial charge in [0.1, 0.15) is 5.82 Å². The number of amides is 1. The van der Waals surface area contributed by atoms with Crippen LogP contribution in [0.5, 0.6) is 0 Å². The van der Waals surface area contributed by atoms with Gasteiger partial charge in [-0.1, -0.05) is 34.6 Å². The molecule has 1 N–H and O–H groups in total. The molecule has 7 heteroatoms. The van der Waals surface area contributed by atoms with Crippen molar-refractivity contribution in [3.8, 4) is 0 Å². The summed E-state index contributed by atoms with van der Waals surface area (Å²) in [5.41, 5.74) is 0.832. The first kappa shape index (κ1) is 21.4. The van der Waals surface area contributed by atoms with Crippen LogP contribution in [-0.4, -0.2) is 50.2 Å². The Balaban J connectivity index is 1.78. The molecule has 0 aliphatic carbocycles. The molecule has 0 fully saturated rings. The minimum atomic E-state index is -0.168. The molecule has 0 radical (unpaired) electrons. The van der Waals surface area contributed by atoms with Crippen molar-refractivity contribution in [2.24, 2.45) is 11.3 Å². The maximum atomic E-state index is 12.8. The number of aromatic nitrogens is 4. The van der Waals surface area contributed by atoms with Crippen molar-refractivity contribution in [2.45, 2.75) is 60.0 Å². The molecule has 158 valence electrons. The van der Waals surface area contributed by atoms with E-state index in [1.165, 1.54) is 0 Å². The van der Waals surface area contributed by atoms with Crippen LogP contribution in [0.15, 0.2) is 24.5 Å². The molecule has 1 aliphatic heterocycles. The third kappa shape index (κ3) is 5.85. The molecule has 0 bridgehead atoms. The molecule has 2 aromatic heterocycles. The summed E-state index contributed by atoms with van der Waals surface area (Å²) in [7, 11) is 0. The number of hydrogen-bond donors (Lipinski definition) is 1. The fraction of sp³-hybridized carbons (Fsp3) is 0.636. The number of fused-ring (bicyclic) bond motifs is 1. The van der Waals surface area contributed by atoms with Crippen LogP contribution in [-0.2, 0) is 13.0 Å². The zero-order chi connectivity index (χ0) is 21.0. The van der Waals surface area contributed by atoms with Gasteiger partial charge in [0.25, 0.3) is 5.91 Å². The maximum Gasteiger partial charge on any atom is 0.253 e. The molecule has 2 aromatic rings. The Hall–Kier alpha value is -2.28. The van der Waals surface area contributed by atoms with Crippen LogP contribution in [0.1, 0.15) is 69.1 Å². The number of hydrogen-bond acceptors (Lipinski definition) is 5. The van der Waals surface area contributed by atoms with Crippen LogP contribution in [0.25, 0.3) is 0 Å². The Morgan fingerprint density at radius 1 is 1.21 bits per heavy atom. The maximum absolute atomic E-state index is 12.8. The summed E-state index contributed by atoms with van der Waals surface area (Å²) in [5, 5.41) is 12.2. The van der Waals surface area contributed by atoms with Gasteiger partial charge < -0.3 is 14.8 Å². The molecule has 0 saturated carbocycles. The van der Waals surface area contributed by atoms with Crippen LogP contribution < -0.4 is 5.32 Å². The Kier molecular flexibility index (Phi) is 6.67. The van der Waals surface area contributed by atoms with Crippen molar-refractivity contribution >= 4 is 5.91 Å². The average molecular weight is 399 g/mol. The third-order valence-electron chi connectivity index (χ3n) is 5.09. The normalized spacial score (nSPS) is 16.3. The molecule has 1 unspecified atom stereocenters. The van der Waals surface area contributed by atoms with E-state index >= 15 is 0 Å². The lowest BCUT2D eigenvalue weighted by molar-refractivity contribution is 0.0928. The van der Waals surface area contributed by atoms with Crippen molar-refractivity contribution in [1.29, 1.82) is 0 Å². The lowest BCUT2D eigenvalue weighted by Gasteiger charge is -2.28. The number of rotatable bonds is 6. The minimum absolute atomic E-state index is 0.121. The van der Waals surface area contributed by atoms with Gasteiger partial charge >= 0.3 is 0 Å². The molecular formula is C22H34N6O. The first-order valence-electron chi connectivity index (χ1n) is 10.6. The minimum Gasteiger partial charge on any atom is -0.342 e.